The van der Waals surface area contributed by atoms with E-state index in [4.69, 9.17) is 0 Å². The van der Waals surface area contributed by atoms with Crippen LogP contribution in [0.2, 0.25) is 0 Å². The Morgan fingerprint density at radius 2 is 2.11 bits per heavy atom. The van der Waals surface area contributed by atoms with Crippen molar-refractivity contribution in [2.45, 2.75) is 44.0 Å². The van der Waals surface area contributed by atoms with Gasteiger partial charge >= 0.3 is 5.97 Å². The van der Waals surface area contributed by atoms with E-state index < -0.39 is 22.0 Å². The fourth-order valence-corrected chi connectivity index (χ4v) is 4.46. The molecule has 2 N–H and O–H groups in total. The number of aryl methyl sites for hydroxylation is 2. The number of aliphatic carboxylic acids is 1. The van der Waals surface area contributed by atoms with E-state index in [1.807, 2.05) is 0 Å². The predicted molar refractivity (Wildman–Crippen MR) is 67.2 cm³/mol. The molecule has 0 radical (unpaired) electrons. The zero-order chi connectivity index (χ0) is 14.2. The second-order valence-corrected chi connectivity index (χ2v) is 6.56. The van der Waals surface area contributed by atoms with Crippen LogP contribution in [0.25, 0.3) is 0 Å². The van der Waals surface area contributed by atoms with Crippen LogP contribution in [-0.4, -0.2) is 46.6 Å². The zero-order valence-corrected chi connectivity index (χ0v) is 11.7. The molecule has 106 valence electrons. The molecule has 0 aliphatic carbocycles. The molecule has 7 nitrogen and oxygen atoms in total. The molecule has 0 amide bonds. The number of aromatic amines is 1. The van der Waals surface area contributed by atoms with Gasteiger partial charge in [0.1, 0.15) is 10.9 Å². The van der Waals surface area contributed by atoms with Gasteiger partial charge in [-0.3, -0.25) is 9.89 Å². The lowest BCUT2D eigenvalue weighted by molar-refractivity contribution is -0.142. The Kier molecular flexibility index (Phi) is 3.64. The van der Waals surface area contributed by atoms with Crippen molar-refractivity contribution in [1.82, 2.24) is 14.5 Å². The molecular weight excluding hydrogens is 270 g/mol. The van der Waals surface area contributed by atoms with Crippen LogP contribution in [0.1, 0.15) is 30.7 Å². The number of carboxylic acid groups (broad SMARTS) is 1. The van der Waals surface area contributed by atoms with Gasteiger partial charge in [-0.2, -0.15) is 9.40 Å². The van der Waals surface area contributed by atoms with E-state index in [-0.39, 0.29) is 11.4 Å². The maximum absolute atomic E-state index is 12.6. The van der Waals surface area contributed by atoms with Gasteiger partial charge in [0, 0.05) is 6.54 Å². The van der Waals surface area contributed by atoms with Crippen molar-refractivity contribution in [2.75, 3.05) is 6.54 Å². The van der Waals surface area contributed by atoms with Gasteiger partial charge in [-0.05, 0) is 33.1 Å². The molecule has 1 aliphatic heterocycles. The van der Waals surface area contributed by atoms with E-state index in [2.05, 4.69) is 10.2 Å². The topological polar surface area (TPSA) is 103 Å². The lowest BCUT2D eigenvalue weighted by Crippen LogP contribution is -2.48. The van der Waals surface area contributed by atoms with Crippen LogP contribution < -0.4 is 0 Å². The highest BCUT2D eigenvalue weighted by Gasteiger charge is 2.39. The van der Waals surface area contributed by atoms with Crippen molar-refractivity contribution in [3.8, 4) is 0 Å². The summed E-state index contributed by atoms with van der Waals surface area (Å²) in [6.07, 6.45) is 1.76. The number of hydrogen-bond acceptors (Lipinski definition) is 4. The molecule has 1 aromatic heterocycles. The molecule has 1 saturated heterocycles. The molecular formula is C11H17N3O4S. The molecule has 1 fully saturated rings. The Hall–Kier alpha value is -1.41. The van der Waals surface area contributed by atoms with Gasteiger partial charge in [-0.1, -0.05) is 0 Å². The first kappa shape index (κ1) is 14.0. The van der Waals surface area contributed by atoms with Gasteiger partial charge in [0.2, 0.25) is 10.0 Å². The number of carboxylic acids is 1. The van der Waals surface area contributed by atoms with Crippen LogP contribution in [-0.2, 0) is 14.8 Å². The number of hydrogen-bond donors (Lipinski definition) is 2. The summed E-state index contributed by atoms with van der Waals surface area (Å²) in [5.74, 6) is -1.10. The quantitative estimate of drug-likeness (QED) is 0.849. The van der Waals surface area contributed by atoms with Crippen LogP contribution in [0.15, 0.2) is 4.90 Å². The summed E-state index contributed by atoms with van der Waals surface area (Å²) >= 11 is 0. The predicted octanol–water partition coefficient (Wildman–Crippen LogP) is 0.654. The summed E-state index contributed by atoms with van der Waals surface area (Å²) in [4.78, 5) is 11.3. The molecule has 1 unspecified atom stereocenters. The van der Waals surface area contributed by atoms with Crippen molar-refractivity contribution in [1.29, 1.82) is 0 Å². The first-order chi connectivity index (χ1) is 8.85. The first-order valence-electron chi connectivity index (χ1n) is 6.12. The van der Waals surface area contributed by atoms with Crippen LogP contribution >= 0.6 is 0 Å². The van der Waals surface area contributed by atoms with Crippen LogP contribution in [0, 0.1) is 13.8 Å². The van der Waals surface area contributed by atoms with Crippen LogP contribution in [0.3, 0.4) is 0 Å². The average Bonchev–Trinajstić information content (AvgIpc) is 2.69. The molecule has 1 aromatic rings. The third-order valence-corrected chi connectivity index (χ3v) is 5.54. The fraction of sp³-hybridized carbons (Fsp3) is 0.636. The lowest BCUT2D eigenvalue weighted by Gasteiger charge is -2.31. The average molecular weight is 287 g/mol. The molecule has 2 rings (SSSR count). The Bertz CT molecular complexity index is 574. The fourth-order valence-electron chi connectivity index (χ4n) is 2.48. The Morgan fingerprint density at radius 1 is 1.42 bits per heavy atom. The highest BCUT2D eigenvalue weighted by Crippen LogP contribution is 2.28. The summed E-state index contributed by atoms with van der Waals surface area (Å²) in [7, 11) is -3.82. The van der Waals surface area contributed by atoms with E-state index in [0.717, 1.165) is 10.7 Å². The zero-order valence-electron chi connectivity index (χ0n) is 10.9. The third-order valence-electron chi connectivity index (χ3n) is 3.37. The van der Waals surface area contributed by atoms with Gasteiger partial charge in [0.05, 0.1) is 11.4 Å². The van der Waals surface area contributed by atoms with Crippen LogP contribution in [0.5, 0.6) is 0 Å². The molecule has 2 heterocycles. The normalized spacial score (nSPS) is 21.5. The van der Waals surface area contributed by atoms with E-state index in [1.165, 1.54) is 0 Å². The van der Waals surface area contributed by atoms with E-state index in [1.54, 1.807) is 13.8 Å². The number of rotatable bonds is 3. The van der Waals surface area contributed by atoms with Crippen molar-refractivity contribution >= 4 is 16.0 Å². The van der Waals surface area contributed by atoms with Crippen molar-refractivity contribution in [3.05, 3.63) is 11.4 Å². The minimum Gasteiger partial charge on any atom is -0.480 e. The number of aromatic nitrogens is 2. The summed E-state index contributed by atoms with van der Waals surface area (Å²) in [6.45, 7) is 3.45. The van der Waals surface area contributed by atoms with E-state index in [0.29, 0.717) is 24.2 Å². The second-order valence-electron chi connectivity index (χ2n) is 4.73. The molecule has 0 aromatic carbocycles. The molecule has 0 bridgehead atoms. The summed E-state index contributed by atoms with van der Waals surface area (Å²) < 4.78 is 26.3. The molecule has 8 heteroatoms. The Morgan fingerprint density at radius 3 is 2.63 bits per heavy atom. The monoisotopic (exact) mass is 287 g/mol. The number of nitrogens with one attached hydrogen (secondary N) is 1. The van der Waals surface area contributed by atoms with Gasteiger partial charge < -0.3 is 5.11 Å². The number of carbonyl (C=O) groups is 1. The van der Waals surface area contributed by atoms with Crippen molar-refractivity contribution in [2.24, 2.45) is 0 Å². The lowest BCUT2D eigenvalue weighted by atomic mass is 10.1. The van der Waals surface area contributed by atoms with Gasteiger partial charge in [-0.25, -0.2) is 8.42 Å². The first-order valence-corrected chi connectivity index (χ1v) is 7.56. The highest BCUT2D eigenvalue weighted by molar-refractivity contribution is 7.89. The van der Waals surface area contributed by atoms with Gasteiger partial charge in [0.15, 0.2) is 0 Å². The highest BCUT2D eigenvalue weighted by atomic mass is 32.2. The van der Waals surface area contributed by atoms with Crippen molar-refractivity contribution < 1.29 is 18.3 Å². The second kappa shape index (κ2) is 4.93. The summed E-state index contributed by atoms with van der Waals surface area (Å²) in [6, 6.07) is -0.979. The molecule has 19 heavy (non-hydrogen) atoms. The maximum atomic E-state index is 12.6. The maximum Gasteiger partial charge on any atom is 0.322 e. The third kappa shape index (κ3) is 2.37. The minimum absolute atomic E-state index is 0.0978. The Labute approximate surface area is 111 Å². The standard InChI is InChI=1S/C11H17N3O4S/c1-7-10(8(2)13-12-7)19(17,18)14-6-4-3-5-9(14)11(15)16/h9H,3-6H2,1-2H3,(H,12,13)(H,15,16). The van der Waals surface area contributed by atoms with E-state index >= 15 is 0 Å². The smallest absolute Gasteiger partial charge is 0.322 e. The SMILES string of the molecule is Cc1n[nH]c(C)c1S(=O)(=O)N1CCCCC1C(=O)O. The minimum atomic E-state index is -3.82. The van der Waals surface area contributed by atoms with Crippen molar-refractivity contribution in [3.63, 3.8) is 0 Å². The number of H-pyrrole nitrogens is 1. The Balaban J connectivity index is 2.46. The number of nitrogens with zero attached hydrogens (tertiary/aromatic N) is 2. The summed E-state index contributed by atoms with van der Waals surface area (Å²) in [5.41, 5.74) is 0.805. The summed E-state index contributed by atoms with van der Waals surface area (Å²) in [5, 5.41) is 15.7. The molecule has 1 aliphatic rings. The van der Waals surface area contributed by atoms with Gasteiger partial charge in [-0.15, -0.1) is 0 Å². The molecule has 0 saturated carbocycles. The largest absolute Gasteiger partial charge is 0.480 e. The molecule has 0 spiro atoms. The number of piperidine rings is 1. The molecule has 1 atom stereocenters. The van der Waals surface area contributed by atoms with E-state index in [9.17, 15) is 18.3 Å². The number of sulfonamides is 1. The van der Waals surface area contributed by atoms with Gasteiger partial charge in [0.25, 0.3) is 0 Å². The van der Waals surface area contributed by atoms with Crippen LogP contribution in [0.4, 0.5) is 0 Å².